The van der Waals surface area contributed by atoms with Crippen LogP contribution in [0.5, 0.6) is 0 Å². The molecule has 18 heavy (non-hydrogen) atoms. The molecule has 0 unspecified atom stereocenters. The Hall–Kier alpha value is -1.55. The Morgan fingerprint density at radius 1 is 1.17 bits per heavy atom. The monoisotopic (exact) mass is 249 g/mol. The van der Waals surface area contributed by atoms with Crippen molar-refractivity contribution in [3.05, 3.63) is 35.9 Å². The van der Waals surface area contributed by atoms with Crippen LogP contribution < -0.4 is 10.6 Å². The van der Waals surface area contributed by atoms with Crippen molar-refractivity contribution in [2.45, 2.75) is 25.9 Å². The van der Waals surface area contributed by atoms with Gasteiger partial charge in [-0.25, -0.2) is 4.79 Å². The van der Waals surface area contributed by atoms with Gasteiger partial charge in [0.05, 0.1) is 0 Å². The highest BCUT2D eigenvalue weighted by Crippen LogP contribution is 2.07. The second-order valence-corrected chi connectivity index (χ2v) is 5.23. The third-order valence-electron chi connectivity index (χ3n) is 3.19. The molecule has 0 aliphatic carbocycles. The lowest BCUT2D eigenvalue weighted by atomic mass is 10.1. The van der Waals surface area contributed by atoms with Crippen molar-refractivity contribution in [2.75, 3.05) is 20.6 Å². The van der Waals surface area contributed by atoms with Crippen molar-refractivity contribution in [2.24, 2.45) is 0 Å². The number of amides is 2. The molecule has 0 bridgehead atoms. The Morgan fingerprint density at radius 3 is 2.33 bits per heavy atom. The van der Waals surface area contributed by atoms with Crippen LogP contribution in [0.25, 0.3) is 0 Å². The summed E-state index contributed by atoms with van der Waals surface area (Å²) in [5.74, 6) is 0. The third-order valence-corrected chi connectivity index (χ3v) is 3.19. The third kappa shape index (κ3) is 4.75. The van der Waals surface area contributed by atoms with Crippen LogP contribution in [0.3, 0.4) is 0 Å². The minimum atomic E-state index is -0.131. The zero-order chi connectivity index (χ0) is 13.6. The molecule has 0 atom stereocenters. The first-order chi connectivity index (χ1) is 8.42. The number of hydrogen-bond acceptors (Lipinski definition) is 2. The zero-order valence-electron chi connectivity index (χ0n) is 11.7. The molecule has 1 aromatic carbocycles. The number of nitrogens with zero attached hydrogens (tertiary/aromatic N) is 1. The molecule has 2 N–H and O–H groups in total. The summed E-state index contributed by atoms with van der Waals surface area (Å²) in [6.45, 7) is 5.34. The highest BCUT2D eigenvalue weighted by molar-refractivity contribution is 5.73. The number of benzene rings is 1. The molecule has 100 valence electrons. The molecule has 0 spiro atoms. The molecule has 0 aliphatic rings. The van der Waals surface area contributed by atoms with Crippen LogP contribution in [0.4, 0.5) is 4.79 Å². The van der Waals surface area contributed by atoms with Gasteiger partial charge in [-0.1, -0.05) is 30.3 Å². The van der Waals surface area contributed by atoms with Crippen LogP contribution in [0.2, 0.25) is 0 Å². The Bertz CT molecular complexity index is 374. The summed E-state index contributed by atoms with van der Waals surface area (Å²) < 4.78 is 0. The van der Waals surface area contributed by atoms with E-state index in [0.717, 1.165) is 5.56 Å². The van der Waals surface area contributed by atoms with Gasteiger partial charge in [0.15, 0.2) is 0 Å². The molecule has 0 fully saturated rings. The first-order valence-electron chi connectivity index (χ1n) is 6.15. The predicted molar refractivity (Wildman–Crippen MR) is 74.4 cm³/mol. The summed E-state index contributed by atoms with van der Waals surface area (Å²) in [5, 5.41) is 5.72. The van der Waals surface area contributed by atoms with E-state index >= 15 is 0 Å². The number of likely N-dealkylation sites (N-methyl/N-ethyl adjacent to an activating group) is 1. The normalized spacial score (nSPS) is 11.4. The summed E-state index contributed by atoms with van der Waals surface area (Å²) in [4.78, 5) is 13.7. The minimum Gasteiger partial charge on any atom is -0.336 e. The van der Waals surface area contributed by atoms with E-state index in [1.807, 2.05) is 44.4 Å². The average molecular weight is 249 g/mol. The van der Waals surface area contributed by atoms with Gasteiger partial charge in [0.25, 0.3) is 0 Å². The maximum atomic E-state index is 11.6. The van der Waals surface area contributed by atoms with Gasteiger partial charge in [0.1, 0.15) is 0 Å². The summed E-state index contributed by atoms with van der Waals surface area (Å²) in [6.07, 6.45) is 0. The van der Waals surface area contributed by atoms with E-state index in [0.29, 0.717) is 13.1 Å². The van der Waals surface area contributed by atoms with Gasteiger partial charge in [0.2, 0.25) is 0 Å². The van der Waals surface area contributed by atoms with Crippen LogP contribution >= 0.6 is 0 Å². The molecule has 4 heteroatoms. The number of carbonyl (C=O) groups is 1. The van der Waals surface area contributed by atoms with Gasteiger partial charge < -0.3 is 15.5 Å². The quantitative estimate of drug-likeness (QED) is 0.836. The van der Waals surface area contributed by atoms with Crippen LogP contribution in [-0.2, 0) is 6.54 Å². The molecule has 4 nitrogen and oxygen atoms in total. The molecule has 1 aromatic rings. The van der Waals surface area contributed by atoms with Crippen molar-refractivity contribution >= 4 is 6.03 Å². The largest absolute Gasteiger partial charge is 0.336 e. The average Bonchev–Trinajstić information content (AvgIpc) is 2.35. The molecule has 0 radical (unpaired) electrons. The van der Waals surface area contributed by atoms with Gasteiger partial charge in [0, 0.05) is 18.6 Å². The highest BCUT2D eigenvalue weighted by atomic mass is 16.2. The lowest BCUT2D eigenvalue weighted by molar-refractivity contribution is 0.186. The van der Waals surface area contributed by atoms with Crippen LogP contribution in [0.15, 0.2) is 30.3 Å². The number of urea groups is 1. The number of nitrogens with one attached hydrogen (secondary N) is 2. The van der Waals surface area contributed by atoms with Gasteiger partial charge in [-0.2, -0.15) is 0 Å². The van der Waals surface area contributed by atoms with E-state index in [2.05, 4.69) is 29.4 Å². The molecular formula is C14H23N3O. The van der Waals surface area contributed by atoms with Gasteiger partial charge >= 0.3 is 6.03 Å². The molecule has 1 rings (SSSR count). The Balaban J connectivity index is 2.31. The van der Waals surface area contributed by atoms with Crippen molar-refractivity contribution in [1.82, 2.24) is 15.5 Å². The van der Waals surface area contributed by atoms with Crippen LogP contribution in [0.1, 0.15) is 19.4 Å². The summed E-state index contributed by atoms with van der Waals surface area (Å²) in [7, 11) is 4.01. The SMILES string of the molecule is CN(C)C(C)(C)CNC(=O)NCc1ccccc1. The van der Waals surface area contributed by atoms with E-state index < -0.39 is 0 Å². The number of rotatable bonds is 5. The maximum Gasteiger partial charge on any atom is 0.315 e. The molecular weight excluding hydrogens is 226 g/mol. The lowest BCUT2D eigenvalue weighted by Gasteiger charge is -2.32. The standard InChI is InChI=1S/C14H23N3O/c1-14(2,17(3)4)11-16-13(18)15-10-12-8-6-5-7-9-12/h5-9H,10-11H2,1-4H3,(H2,15,16,18). The first-order valence-corrected chi connectivity index (χ1v) is 6.15. The van der Waals surface area contributed by atoms with Gasteiger partial charge in [-0.05, 0) is 33.5 Å². The molecule has 0 aliphatic heterocycles. The van der Waals surface area contributed by atoms with Crippen LogP contribution in [-0.4, -0.2) is 37.1 Å². The van der Waals surface area contributed by atoms with Crippen LogP contribution in [0, 0.1) is 0 Å². The molecule has 2 amide bonds. The second kappa shape index (κ2) is 6.40. The Labute approximate surface area is 109 Å². The summed E-state index contributed by atoms with van der Waals surface area (Å²) >= 11 is 0. The molecule has 0 saturated heterocycles. The van der Waals surface area contributed by atoms with Gasteiger partial charge in [-0.15, -0.1) is 0 Å². The number of carbonyl (C=O) groups excluding carboxylic acids is 1. The van der Waals surface area contributed by atoms with E-state index in [1.54, 1.807) is 0 Å². The van der Waals surface area contributed by atoms with E-state index in [4.69, 9.17) is 0 Å². The van der Waals surface area contributed by atoms with E-state index in [1.165, 1.54) is 0 Å². The summed E-state index contributed by atoms with van der Waals surface area (Å²) in [5.41, 5.74) is 1.05. The Morgan fingerprint density at radius 2 is 1.78 bits per heavy atom. The fourth-order valence-corrected chi connectivity index (χ4v) is 1.30. The topological polar surface area (TPSA) is 44.4 Å². The van der Waals surface area contributed by atoms with E-state index in [-0.39, 0.29) is 11.6 Å². The minimum absolute atomic E-state index is 0.0515. The van der Waals surface area contributed by atoms with Crippen molar-refractivity contribution in [1.29, 1.82) is 0 Å². The predicted octanol–water partition coefficient (Wildman–Crippen LogP) is 1.83. The van der Waals surface area contributed by atoms with Gasteiger partial charge in [-0.3, -0.25) is 0 Å². The molecule has 0 saturated carbocycles. The molecule has 0 heterocycles. The maximum absolute atomic E-state index is 11.6. The Kier molecular flexibility index (Phi) is 5.16. The fraction of sp³-hybridized carbons (Fsp3) is 0.500. The fourth-order valence-electron chi connectivity index (χ4n) is 1.30. The number of hydrogen-bond donors (Lipinski definition) is 2. The first kappa shape index (κ1) is 14.5. The zero-order valence-corrected chi connectivity index (χ0v) is 11.7. The van der Waals surface area contributed by atoms with Crippen molar-refractivity contribution in [3.63, 3.8) is 0 Å². The second-order valence-electron chi connectivity index (χ2n) is 5.23. The van der Waals surface area contributed by atoms with Crippen molar-refractivity contribution < 1.29 is 4.79 Å². The van der Waals surface area contributed by atoms with E-state index in [9.17, 15) is 4.79 Å². The smallest absolute Gasteiger partial charge is 0.315 e. The highest BCUT2D eigenvalue weighted by Gasteiger charge is 2.20. The van der Waals surface area contributed by atoms with Crippen molar-refractivity contribution in [3.8, 4) is 0 Å². The lowest BCUT2D eigenvalue weighted by Crippen LogP contribution is -2.50. The summed E-state index contributed by atoms with van der Waals surface area (Å²) in [6, 6.07) is 9.74. The molecule has 0 aromatic heterocycles.